The number of benzene rings is 1. The molecule has 2 aromatic rings. The number of rotatable bonds is 4. The van der Waals surface area contributed by atoms with E-state index in [2.05, 4.69) is 10.4 Å². The van der Waals surface area contributed by atoms with Gasteiger partial charge in [-0.1, -0.05) is 30.3 Å². The highest BCUT2D eigenvalue weighted by molar-refractivity contribution is 5.92. The molecule has 94 valence electrons. The molecule has 0 aliphatic rings. The second kappa shape index (κ2) is 5.49. The van der Waals surface area contributed by atoms with E-state index in [4.69, 9.17) is 0 Å². The lowest BCUT2D eigenvalue weighted by molar-refractivity contribution is 0.0934. The van der Waals surface area contributed by atoms with Crippen molar-refractivity contribution in [2.24, 2.45) is 0 Å². The lowest BCUT2D eigenvalue weighted by atomic mass is 10.1. The Morgan fingerprint density at radius 2 is 2.06 bits per heavy atom. The topological polar surface area (TPSA) is 46.9 Å². The van der Waals surface area contributed by atoms with Gasteiger partial charge < -0.3 is 5.32 Å². The van der Waals surface area contributed by atoms with Crippen molar-refractivity contribution >= 4 is 5.91 Å². The first-order chi connectivity index (χ1) is 8.70. The Labute approximate surface area is 107 Å². The van der Waals surface area contributed by atoms with Gasteiger partial charge in [0.25, 0.3) is 5.91 Å². The molecular weight excluding hydrogens is 226 g/mol. The van der Waals surface area contributed by atoms with Gasteiger partial charge in [-0.3, -0.25) is 9.48 Å². The fraction of sp³-hybridized carbons (Fsp3) is 0.286. The highest BCUT2D eigenvalue weighted by atomic mass is 16.2. The normalized spacial score (nSPS) is 12.1. The van der Waals surface area contributed by atoms with E-state index in [0.29, 0.717) is 5.69 Å². The summed E-state index contributed by atoms with van der Waals surface area (Å²) in [4.78, 5) is 12.0. The minimum atomic E-state index is -0.140. The number of carbonyl (C=O) groups is 1. The number of amides is 1. The van der Waals surface area contributed by atoms with Crippen LogP contribution in [0, 0.1) is 0 Å². The van der Waals surface area contributed by atoms with Crippen LogP contribution >= 0.6 is 0 Å². The Morgan fingerprint density at radius 1 is 1.33 bits per heavy atom. The highest BCUT2D eigenvalue weighted by Gasteiger charge is 2.13. The van der Waals surface area contributed by atoms with Crippen molar-refractivity contribution in [1.82, 2.24) is 15.1 Å². The fourth-order valence-corrected chi connectivity index (χ4v) is 1.75. The smallest absolute Gasteiger partial charge is 0.272 e. The minimum absolute atomic E-state index is 0.0227. The van der Waals surface area contributed by atoms with E-state index in [-0.39, 0.29) is 11.9 Å². The van der Waals surface area contributed by atoms with Crippen molar-refractivity contribution in [1.29, 1.82) is 0 Å². The Hall–Kier alpha value is -2.10. The van der Waals surface area contributed by atoms with Crippen molar-refractivity contribution in [3.63, 3.8) is 0 Å². The molecule has 1 heterocycles. The van der Waals surface area contributed by atoms with Crippen LogP contribution in [0.25, 0.3) is 0 Å². The predicted octanol–water partition coefficient (Wildman–Crippen LogP) is 2.39. The SMILES string of the molecule is CCn1ccc(C(=O)N[C@H](C)c2ccccc2)n1. The van der Waals surface area contributed by atoms with Crippen LogP contribution in [0.3, 0.4) is 0 Å². The Kier molecular flexibility index (Phi) is 3.77. The molecule has 4 heteroatoms. The number of hydrogen-bond acceptors (Lipinski definition) is 2. The van der Waals surface area contributed by atoms with Gasteiger partial charge >= 0.3 is 0 Å². The number of carbonyl (C=O) groups excluding carboxylic acids is 1. The van der Waals surface area contributed by atoms with E-state index in [1.165, 1.54) is 0 Å². The molecule has 0 bridgehead atoms. The van der Waals surface area contributed by atoms with Crippen LogP contribution in [-0.4, -0.2) is 15.7 Å². The summed E-state index contributed by atoms with van der Waals surface area (Å²) >= 11 is 0. The van der Waals surface area contributed by atoms with Crippen LogP contribution < -0.4 is 5.32 Å². The maximum absolute atomic E-state index is 12.0. The molecule has 1 atom stereocenters. The number of nitrogens with one attached hydrogen (secondary N) is 1. The molecule has 0 aliphatic heterocycles. The van der Waals surface area contributed by atoms with E-state index in [1.54, 1.807) is 10.7 Å². The molecule has 0 unspecified atom stereocenters. The van der Waals surface area contributed by atoms with E-state index in [9.17, 15) is 4.79 Å². The molecule has 0 saturated heterocycles. The zero-order valence-corrected chi connectivity index (χ0v) is 10.6. The van der Waals surface area contributed by atoms with Gasteiger partial charge in [-0.05, 0) is 25.5 Å². The molecule has 0 spiro atoms. The lowest BCUT2D eigenvalue weighted by Gasteiger charge is -2.13. The first kappa shape index (κ1) is 12.4. The standard InChI is InChI=1S/C14H17N3O/c1-3-17-10-9-13(16-17)14(18)15-11(2)12-7-5-4-6-8-12/h4-11H,3H2,1-2H3,(H,15,18)/t11-/m1/s1. The van der Waals surface area contributed by atoms with Crippen LogP contribution in [0.4, 0.5) is 0 Å². The Bertz CT molecular complexity index is 519. The average Bonchev–Trinajstić information content (AvgIpc) is 2.88. The second-order valence-corrected chi connectivity index (χ2v) is 4.16. The van der Waals surface area contributed by atoms with E-state index < -0.39 is 0 Å². The van der Waals surface area contributed by atoms with Crippen molar-refractivity contribution in [2.75, 3.05) is 0 Å². The Morgan fingerprint density at radius 3 is 2.67 bits per heavy atom. The summed E-state index contributed by atoms with van der Waals surface area (Å²) in [6, 6.07) is 11.6. The molecule has 1 N–H and O–H groups in total. The second-order valence-electron chi connectivity index (χ2n) is 4.16. The molecule has 0 fully saturated rings. The van der Waals surface area contributed by atoms with Gasteiger partial charge in [-0.25, -0.2) is 0 Å². The predicted molar refractivity (Wildman–Crippen MR) is 70.2 cm³/mol. The van der Waals surface area contributed by atoms with Crippen LogP contribution in [-0.2, 0) is 6.54 Å². The lowest BCUT2D eigenvalue weighted by Crippen LogP contribution is -2.27. The van der Waals surface area contributed by atoms with E-state index in [0.717, 1.165) is 12.1 Å². The van der Waals surface area contributed by atoms with Gasteiger partial charge in [-0.15, -0.1) is 0 Å². The third-order valence-electron chi connectivity index (χ3n) is 2.84. The van der Waals surface area contributed by atoms with E-state index in [1.807, 2.05) is 50.4 Å². The molecule has 1 aromatic carbocycles. The number of aromatic nitrogens is 2. The largest absolute Gasteiger partial charge is 0.344 e. The number of aryl methyl sites for hydroxylation is 1. The van der Waals surface area contributed by atoms with Gasteiger partial charge in [0.15, 0.2) is 0 Å². The third kappa shape index (κ3) is 2.77. The van der Waals surface area contributed by atoms with Crippen LogP contribution in [0.5, 0.6) is 0 Å². The van der Waals surface area contributed by atoms with Crippen molar-refractivity contribution in [3.05, 3.63) is 53.9 Å². The molecule has 18 heavy (non-hydrogen) atoms. The quantitative estimate of drug-likeness (QED) is 0.896. The van der Waals surface area contributed by atoms with Crippen molar-refractivity contribution < 1.29 is 4.79 Å². The molecule has 4 nitrogen and oxygen atoms in total. The molecule has 0 radical (unpaired) electrons. The van der Waals surface area contributed by atoms with Crippen molar-refractivity contribution in [3.8, 4) is 0 Å². The Balaban J connectivity index is 2.03. The number of nitrogens with zero attached hydrogens (tertiary/aromatic N) is 2. The monoisotopic (exact) mass is 243 g/mol. The van der Waals surface area contributed by atoms with Gasteiger partial charge in [-0.2, -0.15) is 5.10 Å². The van der Waals surface area contributed by atoms with Gasteiger partial charge in [0.05, 0.1) is 6.04 Å². The molecule has 0 saturated carbocycles. The minimum Gasteiger partial charge on any atom is -0.344 e. The average molecular weight is 243 g/mol. The van der Waals surface area contributed by atoms with Crippen LogP contribution in [0.15, 0.2) is 42.6 Å². The first-order valence-corrected chi connectivity index (χ1v) is 6.10. The highest BCUT2D eigenvalue weighted by Crippen LogP contribution is 2.11. The maximum Gasteiger partial charge on any atom is 0.272 e. The van der Waals surface area contributed by atoms with Crippen LogP contribution in [0.1, 0.15) is 35.9 Å². The summed E-state index contributed by atoms with van der Waals surface area (Å²) in [7, 11) is 0. The summed E-state index contributed by atoms with van der Waals surface area (Å²) in [5.41, 5.74) is 1.54. The first-order valence-electron chi connectivity index (χ1n) is 6.10. The van der Waals surface area contributed by atoms with Gasteiger partial charge in [0.2, 0.25) is 0 Å². The molecule has 0 aliphatic carbocycles. The number of hydrogen-bond donors (Lipinski definition) is 1. The molecule has 1 aromatic heterocycles. The molecule has 2 rings (SSSR count). The third-order valence-corrected chi connectivity index (χ3v) is 2.84. The van der Waals surface area contributed by atoms with Crippen molar-refractivity contribution in [2.45, 2.75) is 26.4 Å². The fourth-order valence-electron chi connectivity index (χ4n) is 1.75. The van der Waals surface area contributed by atoms with Crippen LogP contribution in [0.2, 0.25) is 0 Å². The summed E-state index contributed by atoms with van der Waals surface area (Å²) in [6.07, 6.45) is 1.81. The summed E-state index contributed by atoms with van der Waals surface area (Å²) in [6.45, 7) is 4.72. The summed E-state index contributed by atoms with van der Waals surface area (Å²) < 4.78 is 1.74. The molecule has 1 amide bonds. The maximum atomic E-state index is 12.0. The molecular formula is C14H17N3O. The summed E-state index contributed by atoms with van der Waals surface area (Å²) in [5.74, 6) is -0.140. The van der Waals surface area contributed by atoms with Gasteiger partial charge in [0, 0.05) is 12.7 Å². The zero-order chi connectivity index (χ0) is 13.0. The van der Waals surface area contributed by atoms with Gasteiger partial charge in [0.1, 0.15) is 5.69 Å². The van der Waals surface area contributed by atoms with E-state index >= 15 is 0 Å². The zero-order valence-electron chi connectivity index (χ0n) is 10.6. The summed E-state index contributed by atoms with van der Waals surface area (Å²) in [5, 5.41) is 7.12.